The molecule has 0 aliphatic rings. The van der Waals surface area contributed by atoms with E-state index in [9.17, 15) is 9.90 Å². The third-order valence-corrected chi connectivity index (χ3v) is 7.36. The Kier molecular flexibility index (Phi) is 6.37. The quantitative estimate of drug-likeness (QED) is 0.316. The lowest BCUT2D eigenvalue weighted by atomic mass is 9.88. The summed E-state index contributed by atoms with van der Waals surface area (Å²) in [6.07, 6.45) is 4.71. The van der Waals surface area contributed by atoms with Gasteiger partial charge in [0.05, 0.1) is 12.1 Å². The molecule has 0 amide bonds. The first-order chi connectivity index (χ1) is 17.7. The van der Waals surface area contributed by atoms with Crippen LogP contribution in [0.25, 0.3) is 33.2 Å². The van der Waals surface area contributed by atoms with Crippen LogP contribution in [0.15, 0.2) is 42.9 Å². The minimum Gasteiger partial charge on any atom is -0.477 e. The molecular formula is C29H33N5O3. The Morgan fingerprint density at radius 1 is 1.11 bits per heavy atom. The van der Waals surface area contributed by atoms with Crippen molar-refractivity contribution < 1.29 is 14.6 Å². The van der Waals surface area contributed by atoms with Crippen LogP contribution in [0.2, 0.25) is 0 Å². The third kappa shape index (κ3) is 4.31. The number of rotatable bonds is 8. The maximum atomic E-state index is 12.1. The zero-order chi connectivity index (χ0) is 26.4. The highest BCUT2D eigenvalue weighted by molar-refractivity contribution is 5.98. The molecule has 0 radical (unpaired) electrons. The molecule has 8 nitrogen and oxygen atoms in total. The average molecular weight is 500 g/mol. The molecule has 2 aromatic carbocycles. The van der Waals surface area contributed by atoms with Crippen LogP contribution in [0.1, 0.15) is 45.6 Å². The molecule has 5 rings (SSSR count). The smallest absolute Gasteiger partial charge is 0.352 e. The Morgan fingerprint density at radius 2 is 1.89 bits per heavy atom. The van der Waals surface area contributed by atoms with E-state index in [1.54, 1.807) is 18.1 Å². The van der Waals surface area contributed by atoms with Crippen molar-refractivity contribution in [3.63, 3.8) is 0 Å². The number of aryl methyl sites for hydroxylation is 4. The van der Waals surface area contributed by atoms with Gasteiger partial charge in [-0.25, -0.2) is 9.78 Å². The minimum absolute atomic E-state index is 0.204. The first kappa shape index (κ1) is 24.8. The Morgan fingerprint density at radius 3 is 2.57 bits per heavy atom. The van der Waals surface area contributed by atoms with Crippen LogP contribution in [0.3, 0.4) is 0 Å². The van der Waals surface area contributed by atoms with E-state index in [0.29, 0.717) is 24.7 Å². The molecule has 1 unspecified atom stereocenters. The third-order valence-electron chi connectivity index (χ3n) is 7.36. The Bertz CT molecular complexity index is 1640. The van der Waals surface area contributed by atoms with Crippen LogP contribution in [-0.4, -0.2) is 48.7 Å². The van der Waals surface area contributed by atoms with E-state index >= 15 is 0 Å². The molecule has 192 valence electrons. The van der Waals surface area contributed by atoms with Gasteiger partial charge in [-0.15, -0.1) is 0 Å². The van der Waals surface area contributed by atoms with Crippen molar-refractivity contribution in [2.24, 2.45) is 14.1 Å². The van der Waals surface area contributed by atoms with Crippen LogP contribution in [-0.2, 0) is 31.8 Å². The molecule has 0 spiro atoms. The van der Waals surface area contributed by atoms with Crippen molar-refractivity contribution in [2.75, 3.05) is 13.7 Å². The molecule has 0 saturated carbocycles. The van der Waals surface area contributed by atoms with Crippen LogP contribution < -0.4 is 0 Å². The Hall–Kier alpha value is -3.91. The second kappa shape index (κ2) is 9.52. The minimum atomic E-state index is -0.923. The Labute approximate surface area is 216 Å². The van der Waals surface area contributed by atoms with Crippen molar-refractivity contribution in [2.45, 2.75) is 39.7 Å². The van der Waals surface area contributed by atoms with Gasteiger partial charge in [0.25, 0.3) is 0 Å². The summed E-state index contributed by atoms with van der Waals surface area (Å²) < 4.78 is 11.0. The summed E-state index contributed by atoms with van der Waals surface area (Å²) in [7, 11) is 5.57. The molecule has 1 atom stereocenters. The van der Waals surface area contributed by atoms with Gasteiger partial charge in [0.2, 0.25) is 0 Å². The van der Waals surface area contributed by atoms with Crippen molar-refractivity contribution in [1.29, 1.82) is 0 Å². The van der Waals surface area contributed by atoms with Gasteiger partial charge in [-0.2, -0.15) is 5.10 Å². The van der Waals surface area contributed by atoms with Crippen molar-refractivity contribution >= 4 is 27.8 Å². The van der Waals surface area contributed by atoms with Gasteiger partial charge in [-0.1, -0.05) is 13.0 Å². The highest BCUT2D eigenvalue weighted by Crippen LogP contribution is 2.36. The van der Waals surface area contributed by atoms with Crippen LogP contribution in [0, 0.1) is 13.8 Å². The summed E-state index contributed by atoms with van der Waals surface area (Å²) >= 11 is 0. The molecule has 0 fully saturated rings. The summed E-state index contributed by atoms with van der Waals surface area (Å²) in [5.41, 5.74) is 8.11. The average Bonchev–Trinajstić information content (AvgIpc) is 3.55. The van der Waals surface area contributed by atoms with Gasteiger partial charge in [0.15, 0.2) is 5.82 Å². The number of carboxylic acid groups (broad SMARTS) is 1. The number of aromatic nitrogens is 5. The number of benzene rings is 2. The summed E-state index contributed by atoms with van der Waals surface area (Å²) in [5.74, 6) is -0.00883. The van der Waals surface area contributed by atoms with Gasteiger partial charge in [0, 0.05) is 55.8 Å². The van der Waals surface area contributed by atoms with E-state index < -0.39 is 5.97 Å². The van der Waals surface area contributed by atoms with Gasteiger partial charge >= 0.3 is 5.97 Å². The normalized spacial score (nSPS) is 12.6. The van der Waals surface area contributed by atoms with E-state index in [2.05, 4.69) is 72.9 Å². The predicted octanol–water partition coefficient (Wildman–Crippen LogP) is 5.24. The first-order valence-corrected chi connectivity index (χ1v) is 12.5. The topological polar surface area (TPSA) is 87.1 Å². The van der Waals surface area contributed by atoms with Crippen LogP contribution in [0.5, 0.6) is 0 Å². The SMILES string of the molecule is COCCn1c(C(=O)O)cc2c(CC(C)c3cn(C)c4ccc(-c5ncn(C)n5)cc34)c(C)cc(C)c21. The first-order valence-electron chi connectivity index (χ1n) is 12.5. The fraction of sp³-hybridized carbons (Fsp3) is 0.345. The summed E-state index contributed by atoms with van der Waals surface area (Å²) in [6, 6.07) is 10.4. The number of aromatic carboxylic acids is 1. The highest BCUT2D eigenvalue weighted by Gasteiger charge is 2.22. The number of hydrogen-bond acceptors (Lipinski definition) is 4. The van der Waals surface area contributed by atoms with E-state index in [1.165, 1.54) is 22.1 Å². The zero-order valence-corrected chi connectivity index (χ0v) is 22.2. The molecule has 3 aromatic heterocycles. The molecule has 8 heteroatoms. The van der Waals surface area contributed by atoms with Crippen molar-refractivity contribution in [3.05, 3.63) is 70.8 Å². The molecule has 0 aliphatic carbocycles. The maximum Gasteiger partial charge on any atom is 0.352 e. The van der Waals surface area contributed by atoms with E-state index in [1.807, 2.05) is 17.7 Å². The zero-order valence-electron chi connectivity index (χ0n) is 22.2. The van der Waals surface area contributed by atoms with Gasteiger partial charge in [0.1, 0.15) is 12.0 Å². The number of hydrogen-bond donors (Lipinski definition) is 1. The fourth-order valence-electron chi connectivity index (χ4n) is 5.60. The molecule has 0 aliphatic heterocycles. The largest absolute Gasteiger partial charge is 0.477 e. The monoisotopic (exact) mass is 499 g/mol. The summed E-state index contributed by atoms with van der Waals surface area (Å²) in [4.78, 5) is 16.6. The molecule has 0 bridgehead atoms. The molecule has 0 saturated heterocycles. The second-order valence-corrected chi connectivity index (χ2v) is 10.0. The van der Waals surface area contributed by atoms with E-state index in [4.69, 9.17) is 4.74 Å². The summed E-state index contributed by atoms with van der Waals surface area (Å²) in [6.45, 7) is 7.36. The number of carboxylic acids is 1. The lowest BCUT2D eigenvalue weighted by molar-refractivity contribution is 0.0683. The standard InChI is InChI=1S/C29H33N5O3/c1-17-11-19(3)27-23(14-26(29(35)36)34(27)9-10-37-6)21(17)12-18(2)24-15-32(4)25-8-7-20(13-22(24)25)28-30-16-33(5)31-28/h7-8,11,13-16,18H,9-10,12H2,1-6H3,(H,35,36). The van der Waals surface area contributed by atoms with Gasteiger partial charge in [-0.3, -0.25) is 4.68 Å². The van der Waals surface area contributed by atoms with Crippen LogP contribution in [0.4, 0.5) is 0 Å². The molecule has 1 N–H and O–H groups in total. The predicted molar refractivity (Wildman–Crippen MR) is 145 cm³/mol. The summed E-state index contributed by atoms with van der Waals surface area (Å²) in [5, 5.41) is 16.6. The lowest BCUT2D eigenvalue weighted by Gasteiger charge is -2.17. The highest BCUT2D eigenvalue weighted by atomic mass is 16.5. The second-order valence-electron chi connectivity index (χ2n) is 10.0. The maximum absolute atomic E-state index is 12.1. The van der Waals surface area contributed by atoms with Crippen LogP contribution >= 0.6 is 0 Å². The Balaban J connectivity index is 1.60. The fourth-order valence-corrected chi connectivity index (χ4v) is 5.60. The van der Waals surface area contributed by atoms with Gasteiger partial charge in [-0.05, 0) is 72.7 Å². The molecular weight excluding hydrogens is 466 g/mol. The molecule has 3 heterocycles. The number of nitrogens with zero attached hydrogens (tertiary/aromatic N) is 5. The van der Waals surface area contributed by atoms with Crippen molar-refractivity contribution in [3.8, 4) is 11.4 Å². The lowest BCUT2D eigenvalue weighted by Crippen LogP contribution is -2.12. The van der Waals surface area contributed by atoms with E-state index in [-0.39, 0.29) is 5.92 Å². The number of methoxy groups -OCH3 is 1. The number of fused-ring (bicyclic) bond motifs is 2. The van der Waals surface area contributed by atoms with Gasteiger partial charge < -0.3 is 19.0 Å². The number of carbonyl (C=O) groups is 1. The molecule has 5 aromatic rings. The molecule has 37 heavy (non-hydrogen) atoms. The number of ether oxygens (including phenoxy) is 1. The van der Waals surface area contributed by atoms with Crippen molar-refractivity contribution in [1.82, 2.24) is 23.9 Å². The van der Waals surface area contributed by atoms with E-state index in [0.717, 1.165) is 34.0 Å².